The van der Waals surface area contributed by atoms with E-state index in [1.54, 1.807) is 5.48 Å². The summed E-state index contributed by atoms with van der Waals surface area (Å²) in [5, 5.41) is 8.34. The van der Waals surface area contributed by atoms with E-state index in [-0.39, 0.29) is 11.4 Å². The third-order valence-corrected chi connectivity index (χ3v) is 2.13. The second-order valence-electron chi connectivity index (χ2n) is 4.10. The summed E-state index contributed by atoms with van der Waals surface area (Å²) in [6.07, 6.45) is 0. The Morgan fingerprint density at radius 2 is 2.08 bits per heavy atom. The number of guanidine groups is 1. The SMILES string of the molecule is CC(CN=C(N)NO)C(C)(C)C. The van der Waals surface area contributed by atoms with E-state index >= 15 is 0 Å². The third kappa shape index (κ3) is 4.18. The van der Waals surface area contributed by atoms with Crippen LogP contribution in [-0.4, -0.2) is 17.7 Å². The largest absolute Gasteiger partial charge is 0.368 e. The minimum atomic E-state index is 0.0751. The molecule has 0 amide bonds. The second-order valence-corrected chi connectivity index (χ2v) is 4.10. The first-order valence-electron chi connectivity index (χ1n) is 4.08. The zero-order chi connectivity index (χ0) is 9.78. The second kappa shape index (κ2) is 4.30. The van der Waals surface area contributed by atoms with Crippen molar-refractivity contribution in [3.8, 4) is 0 Å². The highest BCUT2D eigenvalue weighted by Gasteiger charge is 2.19. The predicted octanol–water partition coefficient (Wildman–Crippen LogP) is 0.962. The Morgan fingerprint density at radius 1 is 1.58 bits per heavy atom. The standard InChI is InChI=1S/C8H19N3O/c1-6(8(2,3)4)5-10-7(9)11-12/h6,12H,5H2,1-4H3,(H3,9,10,11). The zero-order valence-corrected chi connectivity index (χ0v) is 8.26. The molecule has 0 saturated carbocycles. The molecule has 0 aromatic carbocycles. The van der Waals surface area contributed by atoms with E-state index in [4.69, 9.17) is 10.9 Å². The molecule has 0 aliphatic heterocycles. The predicted molar refractivity (Wildman–Crippen MR) is 50.0 cm³/mol. The first-order chi connectivity index (χ1) is 5.38. The highest BCUT2D eigenvalue weighted by atomic mass is 16.5. The fourth-order valence-electron chi connectivity index (χ4n) is 0.544. The van der Waals surface area contributed by atoms with Crippen LogP contribution in [0.5, 0.6) is 0 Å². The molecular weight excluding hydrogens is 154 g/mol. The molecule has 1 atom stereocenters. The summed E-state index contributed by atoms with van der Waals surface area (Å²) in [5.41, 5.74) is 7.27. The molecule has 0 fully saturated rings. The number of nitrogens with one attached hydrogen (secondary N) is 1. The number of hydrogen-bond acceptors (Lipinski definition) is 2. The van der Waals surface area contributed by atoms with Gasteiger partial charge in [0.05, 0.1) is 0 Å². The molecule has 4 nitrogen and oxygen atoms in total. The summed E-state index contributed by atoms with van der Waals surface area (Å²) in [5.74, 6) is 0.510. The number of hydrogen-bond donors (Lipinski definition) is 3. The Kier molecular flexibility index (Phi) is 4.03. The minimum Gasteiger partial charge on any atom is -0.368 e. The molecular formula is C8H19N3O. The van der Waals surface area contributed by atoms with Gasteiger partial charge in [0.1, 0.15) is 0 Å². The van der Waals surface area contributed by atoms with Crippen molar-refractivity contribution in [2.75, 3.05) is 6.54 Å². The Bertz CT molecular complexity index is 160. The van der Waals surface area contributed by atoms with Gasteiger partial charge in [0.2, 0.25) is 5.96 Å². The summed E-state index contributed by atoms with van der Waals surface area (Å²) in [7, 11) is 0. The number of nitrogens with zero attached hydrogens (tertiary/aromatic N) is 1. The van der Waals surface area contributed by atoms with E-state index in [1.807, 2.05) is 0 Å². The van der Waals surface area contributed by atoms with Crippen LogP contribution in [0.15, 0.2) is 4.99 Å². The number of rotatable bonds is 2. The average Bonchev–Trinajstić information content (AvgIpc) is 1.97. The van der Waals surface area contributed by atoms with Gasteiger partial charge in [-0.3, -0.25) is 10.2 Å². The van der Waals surface area contributed by atoms with Crippen molar-refractivity contribution < 1.29 is 5.21 Å². The monoisotopic (exact) mass is 173 g/mol. The first kappa shape index (κ1) is 11.2. The maximum Gasteiger partial charge on any atom is 0.212 e. The highest BCUT2D eigenvalue weighted by Crippen LogP contribution is 2.25. The van der Waals surface area contributed by atoms with Crippen LogP contribution in [0.2, 0.25) is 0 Å². The lowest BCUT2D eigenvalue weighted by molar-refractivity contribution is 0.230. The van der Waals surface area contributed by atoms with Crippen LogP contribution in [0, 0.1) is 11.3 Å². The summed E-state index contributed by atoms with van der Waals surface area (Å²) >= 11 is 0. The van der Waals surface area contributed by atoms with Crippen molar-refractivity contribution in [2.45, 2.75) is 27.7 Å². The van der Waals surface area contributed by atoms with Gasteiger partial charge in [-0.25, -0.2) is 5.48 Å². The van der Waals surface area contributed by atoms with Gasteiger partial charge in [-0.1, -0.05) is 27.7 Å². The minimum absolute atomic E-state index is 0.0751. The molecule has 1 unspecified atom stereocenters. The summed E-state index contributed by atoms with van der Waals surface area (Å²) < 4.78 is 0. The Morgan fingerprint density at radius 3 is 2.42 bits per heavy atom. The smallest absolute Gasteiger partial charge is 0.212 e. The molecule has 0 aliphatic carbocycles. The van der Waals surface area contributed by atoms with Gasteiger partial charge in [0, 0.05) is 6.54 Å². The molecule has 0 radical (unpaired) electrons. The van der Waals surface area contributed by atoms with Crippen molar-refractivity contribution >= 4 is 5.96 Å². The number of nitrogens with two attached hydrogens (primary N) is 1. The van der Waals surface area contributed by atoms with Gasteiger partial charge in [-0.05, 0) is 11.3 Å². The van der Waals surface area contributed by atoms with E-state index in [0.29, 0.717) is 12.5 Å². The fourth-order valence-corrected chi connectivity index (χ4v) is 0.544. The van der Waals surface area contributed by atoms with Crippen molar-refractivity contribution in [1.29, 1.82) is 0 Å². The highest BCUT2D eigenvalue weighted by molar-refractivity contribution is 5.76. The lowest BCUT2D eigenvalue weighted by Gasteiger charge is -2.25. The molecule has 0 aromatic heterocycles. The van der Waals surface area contributed by atoms with E-state index < -0.39 is 0 Å². The van der Waals surface area contributed by atoms with Crippen molar-refractivity contribution in [1.82, 2.24) is 5.48 Å². The van der Waals surface area contributed by atoms with Crippen LogP contribution in [0.1, 0.15) is 27.7 Å². The van der Waals surface area contributed by atoms with Crippen molar-refractivity contribution in [2.24, 2.45) is 22.1 Å². The molecule has 0 aliphatic rings. The fraction of sp³-hybridized carbons (Fsp3) is 0.875. The van der Waals surface area contributed by atoms with Crippen LogP contribution in [0.4, 0.5) is 0 Å². The van der Waals surface area contributed by atoms with Gasteiger partial charge in [-0.2, -0.15) is 0 Å². The lowest BCUT2D eigenvalue weighted by Crippen LogP contribution is -2.30. The molecule has 4 N–H and O–H groups in total. The zero-order valence-electron chi connectivity index (χ0n) is 8.26. The molecule has 0 rings (SSSR count). The van der Waals surface area contributed by atoms with E-state index in [1.165, 1.54) is 0 Å². The molecule has 12 heavy (non-hydrogen) atoms. The van der Waals surface area contributed by atoms with Crippen LogP contribution in [0.25, 0.3) is 0 Å². The maximum atomic E-state index is 8.34. The molecule has 4 heteroatoms. The van der Waals surface area contributed by atoms with Gasteiger partial charge in [-0.15, -0.1) is 0 Å². The van der Waals surface area contributed by atoms with Crippen LogP contribution in [0.3, 0.4) is 0 Å². The average molecular weight is 173 g/mol. The van der Waals surface area contributed by atoms with Crippen LogP contribution < -0.4 is 11.2 Å². The van der Waals surface area contributed by atoms with Gasteiger partial charge < -0.3 is 5.73 Å². The Labute approximate surface area is 73.8 Å². The summed E-state index contributed by atoms with van der Waals surface area (Å²) in [6.45, 7) is 9.18. The van der Waals surface area contributed by atoms with E-state index in [9.17, 15) is 0 Å². The Hall–Kier alpha value is -0.770. The van der Waals surface area contributed by atoms with Crippen molar-refractivity contribution in [3.05, 3.63) is 0 Å². The van der Waals surface area contributed by atoms with Crippen LogP contribution >= 0.6 is 0 Å². The number of hydroxylamine groups is 1. The van der Waals surface area contributed by atoms with Gasteiger partial charge in [0.15, 0.2) is 0 Å². The van der Waals surface area contributed by atoms with Crippen LogP contribution in [-0.2, 0) is 0 Å². The molecule has 0 aromatic rings. The summed E-state index contributed by atoms with van der Waals surface area (Å²) in [6, 6.07) is 0. The van der Waals surface area contributed by atoms with E-state index in [2.05, 4.69) is 32.7 Å². The van der Waals surface area contributed by atoms with E-state index in [0.717, 1.165) is 0 Å². The Balaban J connectivity index is 3.94. The molecule has 0 heterocycles. The molecule has 0 bridgehead atoms. The van der Waals surface area contributed by atoms with Crippen molar-refractivity contribution in [3.63, 3.8) is 0 Å². The lowest BCUT2D eigenvalue weighted by atomic mass is 9.82. The topological polar surface area (TPSA) is 70.6 Å². The molecule has 72 valence electrons. The summed E-state index contributed by atoms with van der Waals surface area (Å²) in [4.78, 5) is 3.94. The number of aliphatic imine (C=N–C) groups is 1. The van der Waals surface area contributed by atoms with Gasteiger partial charge >= 0.3 is 0 Å². The molecule has 0 spiro atoms. The maximum absolute atomic E-state index is 8.34. The quantitative estimate of drug-likeness (QED) is 0.331. The normalized spacial score (nSPS) is 15.9. The first-order valence-corrected chi connectivity index (χ1v) is 4.08. The molecule has 0 saturated heterocycles. The third-order valence-electron chi connectivity index (χ3n) is 2.13. The van der Waals surface area contributed by atoms with Gasteiger partial charge in [0.25, 0.3) is 0 Å².